The van der Waals surface area contributed by atoms with E-state index in [4.69, 9.17) is 9.84 Å². The van der Waals surface area contributed by atoms with Crippen LogP contribution in [-0.4, -0.2) is 29.6 Å². The second-order valence-electron chi connectivity index (χ2n) is 3.51. The molecule has 0 aliphatic carbocycles. The van der Waals surface area contributed by atoms with Gasteiger partial charge in [-0.1, -0.05) is 24.8 Å². The summed E-state index contributed by atoms with van der Waals surface area (Å²) in [7, 11) is 0. The van der Waals surface area contributed by atoms with Gasteiger partial charge in [0.2, 0.25) is 0 Å². The van der Waals surface area contributed by atoms with E-state index in [1.807, 2.05) is 37.3 Å². The number of carbonyl (C=O) groups is 3. The van der Waals surface area contributed by atoms with E-state index in [1.54, 1.807) is 0 Å². The van der Waals surface area contributed by atoms with E-state index >= 15 is 0 Å². The van der Waals surface area contributed by atoms with E-state index in [9.17, 15) is 14.4 Å². The Morgan fingerprint density at radius 1 is 1.15 bits per heavy atom. The Balaban J connectivity index is 0.000000367. The zero-order chi connectivity index (χ0) is 15.5. The molecule has 0 fully saturated rings. The number of hydrogen-bond acceptors (Lipinski definition) is 5. The van der Waals surface area contributed by atoms with Gasteiger partial charge in [0.25, 0.3) is 0 Å². The first-order chi connectivity index (χ1) is 9.38. The predicted molar refractivity (Wildman–Crippen MR) is 71.2 cm³/mol. The third-order valence-electron chi connectivity index (χ3n) is 1.76. The van der Waals surface area contributed by atoms with Gasteiger partial charge in [-0.3, -0.25) is 0 Å². The molecule has 0 unspecified atom stereocenters. The second kappa shape index (κ2) is 9.32. The highest BCUT2D eigenvalue weighted by Crippen LogP contribution is 2.06. The zero-order valence-corrected chi connectivity index (χ0v) is 11.3. The Kier molecular flexibility index (Phi) is 8.09. The van der Waals surface area contributed by atoms with Gasteiger partial charge in [-0.25, -0.2) is 14.4 Å². The monoisotopic (exact) mass is 280 g/mol. The maximum atomic E-state index is 10.5. The lowest BCUT2D eigenvalue weighted by Crippen LogP contribution is -2.20. The molecule has 0 amide bonds. The number of carbonyl (C=O) groups excluding carboxylic acids is 2. The summed E-state index contributed by atoms with van der Waals surface area (Å²) in [5.41, 5.74) is -0.0281. The van der Waals surface area contributed by atoms with Crippen molar-refractivity contribution in [1.82, 2.24) is 0 Å². The van der Waals surface area contributed by atoms with E-state index in [1.165, 1.54) is 6.92 Å². The molecular weight excluding hydrogens is 264 g/mol. The number of carboxylic acid groups (broad SMARTS) is 1. The van der Waals surface area contributed by atoms with Crippen molar-refractivity contribution < 1.29 is 29.0 Å². The van der Waals surface area contributed by atoms with Crippen molar-refractivity contribution in [1.29, 1.82) is 0 Å². The molecule has 0 spiro atoms. The molecule has 0 saturated heterocycles. The smallest absolute Gasteiger partial charge is 0.425 e. The van der Waals surface area contributed by atoms with Crippen LogP contribution in [0.5, 0.6) is 5.75 Å². The van der Waals surface area contributed by atoms with Crippen LogP contribution in [0, 0.1) is 0 Å². The van der Waals surface area contributed by atoms with Gasteiger partial charge in [0.05, 0.1) is 6.61 Å². The van der Waals surface area contributed by atoms with E-state index in [2.05, 4.69) is 11.3 Å². The van der Waals surface area contributed by atoms with Gasteiger partial charge in [0.1, 0.15) is 5.75 Å². The zero-order valence-electron chi connectivity index (χ0n) is 11.3. The third-order valence-corrected chi connectivity index (χ3v) is 1.76. The maximum Gasteiger partial charge on any atom is 0.425 e. The minimum Gasteiger partial charge on any atom is -0.494 e. The summed E-state index contributed by atoms with van der Waals surface area (Å²) >= 11 is 0. The molecule has 6 heteroatoms. The van der Waals surface area contributed by atoms with Crippen LogP contribution in [0.4, 0.5) is 0 Å². The van der Waals surface area contributed by atoms with Crippen molar-refractivity contribution in [3.05, 3.63) is 42.5 Å². The van der Waals surface area contributed by atoms with E-state index in [0.29, 0.717) is 0 Å². The van der Waals surface area contributed by atoms with Crippen molar-refractivity contribution in [3.8, 4) is 5.75 Å². The van der Waals surface area contributed by atoms with Gasteiger partial charge in [-0.05, 0) is 26.0 Å². The fraction of sp³-hybridized carbons (Fsp3) is 0.214. The normalized spacial score (nSPS) is 8.70. The lowest BCUT2D eigenvalue weighted by molar-refractivity contribution is -0.169. The molecule has 0 aliphatic rings. The number of hydrogen-bond donors (Lipinski definition) is 1. The summed E-state index contributed by atoms with van der Waals surface area (Å²) in [4.78, 5) is 30.4. The highest BCUT2D eigenvalue weighted by atomic mass is 16.6. The molecule has 0 aliphatic heterocycles. The van der Waals surface area contributed by atoms with Gasteiger partial charge in [-0.15, -0.1) is 0 Å². The molecule has 6 nitrogen and oxygen atoms in total. The van der Waals surface area contributed by atoms with Crippen LogP contribution in [0.2, 0.25) is 0 Å². The molecule has 0 atom stereocenters. The number of benzene rings is 1. The number of ether oxygens (including phenoxy) is 2. The average Bonchev–Trinajstić information content (AvgIpc) is 2.40. The minimum absolute atomic E-state index is 0.0281. The number of esters is 2. The quantitative estimate of drug-likeness (QED) is 0.393. The molecule has 0 bridgehead atoms. The Labute approximate surface area is 116 Å². The lowest BCUT2D eigenvalue weighted by atomic mass is 10.3. The molecular formula is C14H16O6. The maximum absolute atomic E-state index is 10.5. The number of rotatable bonds is 3. The van der Waals surface area contributed by atoms with Crippen LogP contribution in [0.25, 0.3) is 0 Å². The Morgan fingerprint density at radius 2 is 1.70 bits per heavy atom. The number of para-hydroxylation sites is 1. The molecule has 1 rings (SSSR count). The topological polar surface area (TPSA) is 89.9 Å². The number of aliphatic carboxylic acids is 1. The van der Waals surface area contributed by atoms with Gasteiger partial charge >= 0.3 is 17.9 Å². The minimum atomic E-state index is -1.81. The van der Waals surface area contributed by atoms with E-state index < -0.39 is 17.9 Å². The van der Waals surface area contributed by atoms with Gasteiger partial charge in [0.15, 0.2) is 0 Å². The second-order valence-corrected chi connectivity index (χ2v) is 3.51. The molecule has 108 valence electrons. The Hall–Kier alpha value is -2.63. The van der Waals surface area contributed by atoms with E-state index in [-0.39, 0.29) is 5.57 Å². The van der Waals surface area contributed by atoms with Crippen LogP contribution >= 0.6 is 0 Å². The summed E-state index contributed by atoms with van der Waals surface area (Å²) in [6.45, 7) is 7.17. The lowest BCUT2D eigenvalue weighted by Gasteiger charge is -1.99. The SMILES string of the molecule is C=C(C)C(=O)OC(=O)C(=O)O.CCOc1ccccc1. The average molecular weight is 280 g/mol. The molecule has 0 heterocycles. The molecule has 0 aromatic heterocycles. The predicted octanol–water partition coefficient (Wildman–Crippen LogP) is 1.80. The van der Waals surface area contributed by atoms with Gasteiger partial charge < -0.3 is 14.6 Å². The summed E-state index contributed by atoms with van der Waals surface area (Å²) in [6, 6.07) is 9.80. The van der Waals surface area contributed by atoms with Gasteiger partial charge in [-0.2, -0.15) is 0 Å². The van der Waals surface area contributed by atoms with Crippen LogP contribution in [0.1, 0.15) is 13.8 Å². The van der Waals surface area contributed by atoms with Crippen molar-refractivity contribution in [3.63, 3.8) is 0 Å². The molecule has 1 N–H and O–H groups in total. The number of carboxylic acids is 1. The van der Waals surface area contributed by atoms with Crippen LogP contribution < -0.4 is 4.74 Å². The fourth-order valence-corrected chi connectivity index (χ4v) is 0.898. The third kappa shape index (κ3) is 7.65. The van der Waals surface area contributed by atoms with Crippen molar-refractivity contribution in [2.24, 2.45) is 0 Å². The summed E-state index contributed by atoms with van der Waals surface area (Å²) in [6.07, 6.45) is 0. The van der Waals surface area contributed by atoms with Crippen molar-refractivity contribution in [2.45, 2.75) is 13.8 Å². The first-order valence-corrected chi connectivity index (χ1v) is 5.71. The van der Waals surface area contributed by atoms with Crippen LogP contribution in [0.15, 0.2) is 42.5 Å². The molecule has 20 heavy (non-hydrogen) atoms. The molecule has 1 aromatic rings. The molecule has 1 aromatic carbocycles. The van der Waals surface area contributed by atoms with Crippen molar-refractivity contribution in [2.75, 3.05) is 6.61 Å². The Morgan fingerprint density at radius 3 is 2.10 bits per heavy atom. The van der Waals surface area contributed by atoms with Crippen LogP contribution in [-0.2, 0) is 19.1 Å². The molecule has 0 saturated carbocycles. The Bertz CT molecular complexity index is 454. The van der Waals surface area contributed by atoms with Crippen molar-refractivity contribution >= 4 is 17.9 Å². The van der Waals surface area contributed by atoms with E-state index in [0.717, 1.165) is 12.4 Å². The summed E-state index contributed by atoms with van der Waals surface area (Å²) < 4.78 is 9.00. The standard InChI is InChI=1S/C8H10O.C6H6O5/c1-2-9-8-6-4-3-5-7-8;1-3(2)5(9)11-6(10)4(7)8/h3-7H,2H2,1H3;1H2,2H3,(H,7,8). The first-order valence-electron chi connectivity index (χ1n) is 5.71. The largest absolute Gasteiger partial charge is 0.494 e. The summed E-state index contributed by atoms with van der Waals surface area (Å²) in [5, 5.41) is 7.96. The highest BCUT2D eigenvalue weighted by molar-refractivity contribution is 6.31. The van der Waals surface area contributed by atoms with Crippen LogP contribution in [0.3, 0.4) is 0 Å². The fourth-order valence-electron chi connectivity index (χ4n) is 0.898. The molecule has 0 radical (unpaired) electrons. The highest BCUT2D eigenvalue weighted by Gasteiger charge is 2.17. The summed E-state index contributed by atoms with van der Waals surface area (Å²) in [5.74, 6) is -3.49. The van der Waals surface area contributed by atoms with Gasteiger partial charge in [0, 0.05) is 5.57 Å². The first kappa shape index (κ1) is 17.4.